The van der Waals surface area contributed by atoms with Gasteiger partial charge in [-0.25, -0.2) is 4.79 Å². The van der Waals surface area contributed by atoms with E-state index in [0.717, 1.165) is 0 Å². The van der Waals surface area contributed by atoms with Crippen molar-refractivity contribution in [1.82, 2.24) is 5.32 Å². The smallest absolute Gasteiger partial charge is 0.326 e. The van der Waals surface area contributed by atoms with Crippen LogP contribution < -0.4 is 5.32 Å². The fraction of sp³-hybridized carbons (Fsp3) is 0.600. The Morgan fingerprint density at radius 1 is 1.70 bits per heavy atom. The fourth-order valence-corrected chi connectivity index (χ4v) is 0.799. The number of hydrogen-bond donors (Lipinski definition) is 2. The van der Waals surface area contributed by atoms with E-state index in [-0.39, 0.29) is 64.1 Å². The first-order valence-electron chi connectivity index (χ1n) is 2.72. The van der Waals surface area contributed by atoms with Crippen LogP contribution >= 0.6 is 0 Å². The van der Waals surface area contributed by atoms with Gasteiger partial charge in [-0.2, -0.15) is 0 Å². The molecule has 51 valence electrons. The van der Waals surface area contributed by atoms with E-state index < -0.39 is 12.0 Å². The quantitative estimate of drug-likeness (QED) is 0.587. The molecule has 0 aromatic heterocycles. The molecule has 0 aliphatic carbocycles. The SMILES string of the molecule is O=C1CCC(C(=O)O)N1.[Rb]. The second kappa shape index (κ2) is 4.59. The second-order valence-electron chi connectivity index (χ2n) is 2.00. The number of carbonyl (C=O) groups is 2. The Morgan fingerprint density at radius 3 is 2.50 bits per heavy atom. The van der Waals surface area contributed by atoms with Crippen molar-refractivity contribution in [2.45, 2.75) is 18.9 Å². The van der Waals surface area contributed by atoms with Gasteiger partial charge < -0.3 is 10.4 Å². The summed E-state index contributed by atoms with van der Waals surface area (Å²) in [5, 5.41) is 10.6. The molecule has 10 heavy (non-hydrogen) atoms. The van der Waals surface area contributed by atoms with Crippen LogP contribution in [-0.4, -0.2) is 81.2 Å². The van der Waals surface area contributed by atoms with Gasteiger partial charge in [-0.3, -0.25) is 4.79 Å². The van der Waals surface area contributed by atoms with Crippen LogP contribution in [0.3, 0.4) is 0 Å². The molecule has 5 heteroatoms. The van der Waals surface area contributed by atoms with Gasteiger partial charge in [-0.15, -0.1) is 0 Å². The number of rotatable bonds is 1. The van der Waals surface area contributed by atoms with Crippen molar-refractivity contribution >= 4 is 70.1 Å². The minimum absolute atomic E-state index is 0. The summed E-state index contributed by atoms with van der Waals surface area (Å²) in [7, 11) is 0. The molecular formula is C5H7NO3Rb. The molecule has 0 aromatic carbocycles. The number of carboxylic acid groups (broad SMARTS) is 1. The Balaban J connectivity index is 0.000000810. The number of aliphatic carboxylic acids is 1. The minimum Gasteiger partial charge on any atom is -0.480 e. The first kappa shape index (κ1) is 10.7. The van der Waals surface area contributed by atoms with Gasteiger partial charge >= 0.3 is 5.97 Å². The van der Waals surface area contributed by atoms with E-state index in [0.29, 0.717) is 12.8 Å². The van der Waals surface area contributed by atoms with Crippen molar-refractivity contribution in [1.29, 1.82) is 0 Å². The molecule has 1 saturated heterocycles. The van der Waals surface area contributed by atoms with Gasteiger partial charge in [-0.05, 0) is 6.42 Å². The Hall–Kier alpha value is 0.745. The zero-order valence-corrected chi connectivity index (χ0v) is 10.7. The monoisotopic (exact) mass is 214 g/mol. The summed E-state index contributed by atoms with van der Waals surface area (Å²) in [4.78, 5) is 20.5. The molecule has 0 saturated carbocycles. The van der Waals surface area contributed by atoms with E-state index in [1.54, 1.807) is 0 Å². The summed E-state index contributed by atoms with van der Waals surface area (Å²) in [5.41, 5.74) is 0. The molecule has 1 radical (unpaired) electrons. The van der Waals surface area contributed by atoms with Gasteiger partial charge in [0.2, 0.25) is 5.91 Å². The molecule has 1 atom stereocenters. The molecule has 2 N–H and O–H groups in total. The fourth-order valence-electron chi connectivity index (χ4n) is 0.799. The second-order valence-corrected chi connectivity index (χ2v) is 2.00. The van der Waals surface area contributed by atoms with Crippen LogP contribution in [0.25, 0.3) is 0 Å². The number of carbonyl (C=O) groups excluding carboxylic acids is 1. The zero-order chi connectivity index (χ0) is 6.85. The molecule has 0 aromatic rings. The van der Waals surface area contributed by atoms with Crippen molar-refractivity contribution in [3.05, 3.63) is 0 Å². The standard InChI is InChI=1S/C5H7NO3.Rb/c7-4-2-1-3(6-4)5(8)9;/h3H,1-2H2,(H,6,7)(H,8,9);. The third kappa shape index (κ3) is 2.78. The van der Waals surface area contributed by atoms with Crippen molar-refractivity contribution in [3.63, 3.8) is 0 Å². The Morgan fingerprint density at radius 2 is 2.30 bits per heavy atom. The van der Waals surface area contributed by atoms with E-state index in [1.165, 1.54) is 0 Å². The Labute approximate surface area is 107 Å². The summed E-state index contributed by atoms with van der Waals surface area (Å²) in [6.45, 7) is 0. The van der Waals surface area contributed by atoms with E-state index >= 15 is 0 Å². The Bertz CT molecular complexity index is 159. The zero-order valence-electron chi connectivity index (χ0n) is 5.76. The van der Waals surface area contributed by atoms with E-state index in [9.17, 15) is 9.59 Å². The van der Waals surface area contributed by atoms with Crippen LogP contribution in [0, 0.1) is 0 Å². The van der Waals surface area contributed by atoms with Crippen molar-refractivity contribution in [2.24, 2.45) is 0 Å². The molecule has 1 aliphatic rings. The molecule has 1 fully saturated rings. The molecule has 1 aliphatic heterocycles. The number of nitrogens with one attached hydrogen (secondary N) is 1. The van der Waals surface area contributed by atoms with Crippen LogP contribution in [0.2, 0.25) is 0 Å². The van der Waals surface area contributed by atoms with Crippen molar-refractivity contribution in [3.8, 4) is 0 Å². The van der Waals surface area contributed by atoms with Gasteiger partial charge in [0.15, 0.2) is 0 Å². The molecular weight excluding hydrogens is 208 g/mol. The maximum atomic E-state index is 10.4. The third-order valence-electron chi connectivity index (χ3n) is 1.29. The summed E-state index contributed by atoms with van der Waals surface area (Å²) in [5.74, 6) is -1.11. The molecule has 0 bridgehead atoms. The van der Waals surface area contributed by atoms with E-state index in [1.807, 2.05) is 0 Å². The number of amides is 1. The summed E-state index contributed by atoms with van der Waals surface area (Å²) < 4.78 is 0. The van der Waals surface area contributed by atoms with Crippen molar-refractivity contribution in [2.75, 3.05) is 0 Å². The van der Waals surface area contributed by atoms with Crippen LogP contribution in [-0.2, 0) is 9.59 Å². The number of carboxylic acids is 1. The third-order valence-corrected chi connectivity index (χ3v) is 1.29. The largest absolute Gasteiger partial charge is 0.480 e. The van der Waals surface area contributed by atoms with E-state index in [2.05, 4.69) is 5.32 Å². The van der Waals surface area contributed by atoms with Crippen LogP contribution in [0.5, 0.6) is 0 Å². The first-order chi connectivity index (χ1) is 4.20. The molecule has 0 spiro atoms. The van der Waals surface area contributed by atoms with Crippen molar-refractivity contribution < 1.29 is 14.7 Å². The van der Waals surface area contributed by atoms with Gasteiger partial charge in [-0.1, -0.05) is 0 Å². The molecule has 1 unspecified atom stereocenters. The number of hydrogen-bond acceptors (Lipinski definition) is 2. The van der Waals surface area contributed by atoms with E-state index in [4.69, 9.17) is 5.11 Å². The van der Waals surface area contributed by atoms with Gasteiger partial charge in [0, 0.05) is 64.6 Å². The van der Waals surface area contributed by atoms with Crippen LogP contribution in [0.1, 0.15) is 12.8 Å². The topological polar surface area (TPSA) is 66.4 Å². The first-order valence-corrected chi connectivity index (χ1v) is 2.72. The van der Waals surface area contributed by atoms with Gasteiger partial charge in [0.05, 0.1) is 0 Å². The van der Waals surface area contributed by atoms with Gasteiger partial charge in [0.25, 0.3) is 0 Å². The average Bonchev–Trinajstić information content (AvgIpc) is 2.14. The van der Waals surface area contributed by atoms with Crippen LogP contribution in [0.15, 0.2) is 0 Å². The molecule has 1 rings (SSSR count). The maximum Gasteiger partial charge on any atom is 0.326 e. The summed E-state index contributed by atoms with van der Waals surface area (Å²) in [6, 6.07) is -0.641. The Kier molecular flexibility index (Phi) is 4.93. The molecule has 4 nitrogen and oxygen atoms in total. The summed E-state index contributed by atoms with van der Waals surface area (Å²) >= 11 is 0. The normalized spacial score (nSPS) is 23.2. The van der Waals surface area contributed by atoms with Crippen LogP contribution in [0.4, 0.5) is 0 Å². The maximum absolute atomic E-state index is 10.4. The molecule has 1 heterocycles. The predicted molar refractivity (Wildman–Crippen MR) is 34.6 cm³/mol. The average molecular weight is 215 g/mol. The van der Waals surface area contributed by atoms with Gasteiger partial charge in [0.1, 0.15) is 6.04 Å². The minimum atomic E-state index is -0.944. The molecule has 1 amide bonds. The predicted octanol–water partition coefficient (Wildman–Crippen LogP) is -1.03. The summed E-state index contributed by atoms with van der Waals surface area (Å²) in [6.07, 6.45) is 0.769.